The highest BCUT2D eigenvalue weighted by atomic mass is 16.6. The lowest BCUT2D eigenvalue weighted by Crippen LogP contribution is -2.40. The van der Waals surface area contributed by atoms with Crippen molar-refractivity contribution in [2.75, 3.05) is 13.6 Å². The second kappa shape index (κ2) is 5.04. The van der Waals surface area contributed by atoms with Crippen molar-refractivity contribution in [3.8, 4) is 0 Å². The van der Waals surface area contributed by atoms with E-state index < -0.39 is 5.60 Å². The van der Waals surface area contributed by atoms with Crippen molar-refractivity contribution < 1.29 is 9.53 Å². The highest BCUT2D eigenvalue weighted by molar-refractivity contribution is 5.67. The topological polar surface area (TPSA) is 55.6 Å². The van der Waals surface area contributed by atoms with Gasteiger partial charge in [-0.25, -0.2) is 4.79 Å². The minimum atomic E-state index is -0.427. The van der Waals surface area contributed by atoms with Gasteiger partial charge in [0, 0.05) is 19.6 Å². The Hall–Kier alpha value is -0.770. The van der Waals surface area contributed by atoms with Gasteiger partial charge in [-0.15, -0.1) is 0 Å². The van der Waals surface area contributed by atoms with E-state index in [1.165, 1.54) is 6.42 Å². The van der Waals surface area contributed by atoms with Crippen LogP contribution in [0.2, 0.25) is 0 Å². The van der Waals surface area contributed by atoms with Gasteiger partial charge in [-0.3, -0.25) is 0 Å². The van der Waals surface area contributed by atoms with Gasteiger partial charge in [0.25, 0.3) is 0 Å². The zero-order valence-corrected chi connectivity index (χ0v) is 10.8. The summed E-state index contributed by atoms with van der Waals surface area (Å²) >= 11 is 0. The van der Waals surface area contributed by atoms with E-state index in [1.54, 1.807) is 11.9 Å². The molecular weight excluding hydrogens is 204 g/mol. The average molecular weight is 228 g/mol. The largest absolute Gasteiger partial charge is 0.444 e. The maximum atomic E-state index is 11.7. The Bertz CT molecular complexity index is 248. The van der Waals surface area contributed by atoms with Crippen LogP contribution in [0.15, 0.2) is 0 Å². The Balaban J connectivity index is 2.39. The molecule has 0 spiro atoms. The minimum Gasteiger partial charge on any atom is -0.444 e. The van der Waals surface area contributed by atoms with E-state index in [-0.39, 0.29) is 12.1 Å². The van der Waals surface area contributed by atoms with Crippen molar-refractivity contribution in [2.45, 2.75) is 51.7 Å². The monoisotopic (exact) mass is 228 g/mol. The first kappa shape index (κ1) is 13.3. The van der Waals surface area contributed by atoms with Crippen molar-refractivity contribution in [1.29, 1.82) is 0 Å². The Kier molecular flexibility index (Phi) is 4.19. The molecule has 1 rings (SSSR count). The van der Waals surface area contributed by atoms with E-state index in [9.17, 15) is 4.79 Å². The normalized spacial score (nSPS) is 25.6. The number of hydrogen-bond donors (Lipinski definition) is 1. The number of carbonyl (C=O) groups excluding carboxylic acids is 1. The minimum absolute atomic E-state index is 0.241. The van der Waals surface area contributed by atoms with Gasteiger partial charge in [0.15, 0.2) is 0 Å². The summed E-state index contributed by atoms with van der Waals surface area (Å²) in [6.07, 6.45) is 3.11. The lowest BCUT2D eigenvalue weighted by Gasteiger charge is -2.27. The van der Waals surface area contributed by atoms with Crippen LogP contribution in [0, 0.1) is 5.92 Å². The van der Waals surface area contributed by atoms with Crippen molar-refractivity contribution in [2.24, 2.45) is 11.7 Å². The lowest BCUT2D eigenvalue weighted by molar-refractivity contribution is 0.0271. The molecule has 16 heavy (non-hydrogen) atoms. The van der Waals surface area contributed by atoms with Crippen LogP contribution in [0.4, 0.5) is 4.79 Å². The Labute approximate surface area is 98.1 Å². The maximum absolute atomic E-state index is 11.7. The highest BCUT2D eigenvalue weighted by Gasteiger charge is 2.28. The van der Waals surface area contributed by atoms with E-state index in [0.29, 0.717) is 12.5 Å². The molecule has 1 amide bonds. The van der Waals surface area contributed by atoms with Gasteiger partial charge in [0.05, 0.1) is 0 Å². The summed E-state index contributed by atoms with van der Waals surface area (Å²) in [7, 11) is 1.78. The third-order valence-electron chi connectivity index (χ3n) is 2.93. The molecular formula is C12H24N2O2. The zero-order valence-electron chi connectivity index (χ0n) is 10.8. The van der Waals surface area contributed by atoms with Gasteiger partial charge < -0.3 is 15.4 Å². The van der Waals surface area contributed by atoms with Gasteiger partial charge in [-0.1, -0.05) is 6.42 Å². The Morgan fingerprint density at radius 1 is 1.44 bits per heavy atom. The number of hydrogen-bond acceptors (Lipinski definition) is 3. The summed E-state index contributed by atoms with van der Waals surface area (Å²) in [4.78, 5) is 13.4. The Morgan fingerprint density at radius 3 is 2.50 bits per heavy atom. The summed E-state index contributed by atoms with van der Waals surface area (Å²) in [6.45, 7) is 6.33. The third-order valence-corrected chi connectivity index (χ3v) is 2.93. The number of carbonyl (C=O) groups is 1. The number of amides is 1. The standard InChI is InChI=1S/C12H24N2O2/c1-12(2,3)16-11(15)14(4)8-9-6-5-7-10(9)13/h9-10H,5-8,13H2,1-4H3. The number of nitrogens with two attached hydrogens (primary N) is 1. The van der Waals surface area contributed by atoms with Crippen molar-refractivity contribution in [3.05, 3.63) is 0 Å². The third kappa shape index (κ3) is 4.00. The van der Waals surface area contributed by atoms with E-state index >= 15 is 0 Å². The molecule has 0 saturated heterocycles. The average Bonchev–Trinajstić information content (AvgIpc) is 2.49. The second-order valence-corrected chi connectivity index (χ2v) is 5.72. The summed E-state index contributed by atoms with van der Waals surface area (Å²) in [5.74, 6) is 0.428. The van der Waals surface area contributed by atoms with Crippen LogP contribution < -0.4 is 5.73 Å². The van der Waals surface area contributed by atoms with Crippen molar-refractivity contribution >= 4 is 6.09 Å². The molecule has 0 aromatic carbocycles. The molecule has 0 radical (unpaired) electrons. The maximum Gasteiger partial charge on any atom is 0.410 e. The van der Waals surface area contributed by atoms with E-state index in [0.717, 1.165) is 12.8 Å². The molecule has 1 saturated carbocycles. The fourth-order valence-corrected chi connectivity index (χ4v) is 2.06. The molecule has 0 aromatic rings. The first-order chi connectivity index (χ1) is 7.29. The van der Waals surface area contributed by atoms with Crippen LogP contribution >= 0.6 is 0 Å². The molecule has 1 aliphatic carbocycles. The van der Waals surface area contributed by atoms with Crippen LogP contribution in [-0.4, -0.2) is 36.2 Å². The fraction of sp³-hybridized carbons (Fsp3) is 0.917. The molecule has 0 heterocycles. The second-order valence-electron chi connectivity index (χ2n) is 5.72. The SMILES string of the molecule is CN(CC1CCCC1N)C(=O)OC(C)(C)C. The van der Waals surface area contributed by atoms with Gasteiger partial charge in [-0.2, -0.15) is 0 Å². The smallest absolute Gasteiger partial charge is 0.410 e. The van der Waals surface area contributed by atoms with E-state index in [4.69, 9.17) is 10.5 Å². The predicted octanol–water partition coefficient (Wildman–Crippen LogP) is 1.98. The van der Waals surface area contributed by atoms with Crippen molar-refractivity contribution in [3.63, 3.8) is 0 Å². The highest BCUT2D eigenvalue weighted by Crippen LogP contribution is 2.24. The molecule has 4 nitrogen and oxygen atoms in total. The number of ether oxygens (including phenoxy) is 1. The van der Waals surface area contributed by atoms with Crippen LogP contribution in [0.3, 0.4) is 0 Å². The van der Waals surface area contributed by atoms with E-state index in [1.807, 2.05) is 20.8 Å². The van der Waals surface area contributed by atoms with Gasteiger partial charge in [0.1, 0.15) is 5.60 Å². The first-order valence-electron chi connectivity index (χ1n) is 5.99. The van der Waals surface area contributed by atoms with Crippen LogP contribution in [-0.2, 0) is 4.74 Å². The lowest BCUT2D eigenvalue weighted by atomic mass is 10.0. The molecule has 4 heteroatoms. The van der Waals surface area contributed by atoms with Gasteiger partial charge in [0.2, 0.25) is 0 Å². The molecule has 0 aromatic heterocycles. The van der Waals surface area contributed by atoms with E-state index in [2.05, 4.69) is 0 Å². The summed E-state index contributed by atoms with van der Waals surface area (Å²) < 4.78 is 5.29. The first-order valence-corrected chi connectivity index (χ1v) is 5.99. The fourth-order valence-electron chi connectivity index (χ4n) is 2.06. The van der Waals surface area contributed by atoms with Crippen LogP contribution in [0.25, 0.3) is 0 Å². The summed E-state index contributed by atoms with van der Waals surface area (Å²) in [5.41, 5.74) is 5.55. The quantitative estimate of drug-likeness (QED) is 0.786. The molecule has 0 aliphatic heterocycles. The zero-order chi connectivity index (χ0) is 12.3. The summed E-state index contributed by atoms with van der Waals surface area (Å²) in [6, 6.07) is 0.241. The summed E-state index contributed by atoms with van der Waals surface area (Å²) in [5, 5.41) is 0. The molecule has 1 fully saturated rings. The molecule has 0 bridgehead atoms. The van der Waals surface area contributed by atoms with Gasteiger partial charge >= 0.3 is 6.09 Å². The molecule has 1 aliphatic rings. The number of nitrogens with zero attached hydrogens (tertiary/aromatic N) is 1. The molecule has 2 N–H and O–H groups in total. The number of rotatable bonds is 2. The van der Waals surface area contributed by atoms with Crippen LogP contribution in [0.5, 0.6) is 0 Å². The van der Waals surface area contributed by atoms with Crippen molar-refractivity contribution in [1.82, 2.24) is 4.90 Å². The van der Waals surface area contributed by atoms with Crippen LogP contribution in [0.1, 0.15) is 40.0 Å². The predicted molar refractivity (Wildman–Crippen MR) is 64.2 cm³/mol. The van der Waals surface area contributed by atoms with Gasteiger partial charge in [-0.05, 0) is 39.5 Å². The Morgan fingerprint density at radius 2 is 2.06 bits per heavy atom. The molecule has 94 valence electrons. The molecule has 2 atom stereocenters. The molecule has 2 unspecified atom stereocenters.